The third-order valence-electron chi connectivity index (χ3n) is 2.06. The molecule has 1 aromatic carbocycles. The molecule has 0 bridgehead atoms. The number of halogens is 5. The Hall–Kier alpha value is -1.92. The van der Waals surface area contributed by atoms with E-state index in [1.165, 1.54) is 6.07 Å². The highest BCUT2D eigenvalue weighted by Gasteiger charge is 2.59. The lowest BCUT2D eigenvalue weighted by molar-refractivity contribution is -0.289. The van der Waals surface area contributed by atoms with Gasteiger partial charge in [0.25, 0.3) is 0 Å². The second-order valence-electron chi connectivity index (χ2n) is 3.33. The maximum absolute atomic E-state index is 13.1. The summed E-state index contributed by atoms with van der Waals surface area (Å²) in [5.41, 5.74) is -1.78. The van der Waals surface area contributed by atoms with Crippen LogP contribution >= 0.6 is 0 Å². The van der Waals surface area contributed by atoms with Crippen LogP contribution in [0.1, 0.15) is 11.1 Å². The summed E-state index contributed by atoms with van der Waals surface area (Å²) in [7, 11) is 0. The quantitative estimate of drug-likeness (QED) is 0.672. The van der Waals surface area contributed by atoms with E-state index in [-0.39, 0.29) is 0 Å². The van der Waals surface area contributed by atoms with Gasteiger partial charge in [0.1, 0.15) is 0 Å². The van der Waals surface area contributed by atoms with Crippen molar-refractivity contribution < 1.29 is 31.9 Å². The molecule has 0 atom stereocenters. The minimum atomic E-state index is -5.74. The molecular weight excluding hydrogens is 259 g/mol. The normalized spacial score (nSPS) is 12.9. The zero-order valence-electron chi connectivity index (χ0n) is 8.71. The van der Waals surface area contributed by atoms with E-state index in [0.717, 1.165) is 12.1 Å². The molecule has 0 spiro atoms. The van der Waals surface area contributed by atoms with Crippen LogP contribution < -0.4 is 0 Å². The van der Waals surface area contributed by atoms with Gasteiger partial charge in [-0.2, -0.15) is 22.0 Å². The number of rotatable bonds is 3. The summed E-state index contributed by atoms with van der Waals surface area (Å²) in [6, 6.07) is 3.84. The summed E-state index contributed by atoms with van der Waals surface area (Å²) < 4.78 is 62.9. The van der Waals surface area contributed by atoms with Crippen LogP contribution in [0.2, 0.25) is 0 Å². The number of carboxylic acid groups (broad SMARTS) is 1. The van der Waals surface area contributed by atoms with Gasteiger partial charge in [0.05, 0.1) is 0 Å². The molecule has 0 radical (unpaired) electrons. The fourth-order valence-electron chi connectivity index (χ4n) is 1.24. The molecule has 98 valence electrons. The first-order valence-electron chi connectivity index (χ1n) is 4.61. The standard InChI is InChI=1S/C11H7F5O2/c12-10(13,11(14,15)16)8-4-2-1-3-7(8)5-6-9(17)18/h1-6H,(H,17,18). The van der Waals surface area contributed by atoms with E-state index in [9.17, 15) is 26.7 Å². The Balaban J connectivity index is 3.29. The van der Waals surface area contributed by atoms with Crippen LogP contribution in [0.5, 0.6) is 0 Å². The third-order valence-corrected chi connectivity index (χ3v) is 2.06. The van der Waals surface area contributed by atoms with Gasteiger partial charge in [-0.05, 0) is 11.6 Å². The van der Waals surface area contributed by atoms with Crippen LogP contribution in [0.3, 0.4) is 0 Å². The lowest BCUT2D eigenvalue weighted by atomic mass is 10.0. The molecule has 0 saturated carbocycles. The largest absolute Gasteiger partial charge is 0.478 e. The van der Waals surface area contributed by atoms with E-state index >= 15 is 0 Å². The molecular formula is C11H7F5O2. The number of alkyl halides is 5. The Kier molecular flexibility index (Phi) is 3.73. The molecule has 0 saturated heterocycles. The van der Waals surface area contributed by atoms with Crippen molar-refractivity contribution in [1.82, 2.24) is 0 Å². The van der Waals surface area contributed by atoms with Crippen molar-refractivity contribution >= 4 is 12.0 Å². The van der Waals surface area contributed by atoms with E-state index in [4.69, 9.17) is 5.11 Å². The average Bonchev–Trinajstić information content (AvgIpc) is 2.25. The van der Waals surface area contributed by atoms with E-state index in [0.29, 0.717) is 18.2 Å². The molecule has 0 aliphatic rings. The van der Waals surface area contributed by atoms with Gasteiger partial charge in [-0.1, -0.05) is 24.3 Å². The third kappa shape index (κ3) is 2.85. The number of aliphatic carboxylic acids is 1. The SMILES string of the molecule is O=C(O)C=Cc1ccccc1C(F)(F)C(F)(F)F. The predicted octanol–water partition coefficient (Wildman–Crippen LogP) is 3.44. The van der Waals surface area contributed by atoms with Gasteiger partial charge in [0.2, 0.25) is 0 Å². The second kappa shape index (κ2) is 4.75. The first-order valence-corrected chi connectivity index (χ1v) is 4.61. The van der Waals surface area contributed by atoms with E-state index in [1.54, 1.807) is 0 Å². The Morgan fingerprint density at radius 1 is 1.11 bits per heavy atom. The van der Waals surface area contributed by atoms with Crippen LogP contribution in [0.15, 0.2) is 30.3 Å². The van der Waals surface area contributed by atoms with Gasteiger partial charge in [-0.3, -0.25) is 0 Å². The minimum Gasteiger partial charge on any atom is -0.478 e. The zero-order valence-corrected chi connectivity index (χ0v) is 8.71. The number of carboxylic acids is 1. The number of hydrogen-bond acceptors (Lipinski definition) is 1. The highest BCUT2D eigenvalue weighted by molar-refractivity contribution is 5.85. The molecule has 1 aromatic rings. The van der Waals surface area contributed by atoms with E-state index < -0.39 is 29.2 Å². The molecule has 0 aromatic heterocycles. The summed E-state index contributed by atoms with van der Waals surface area (Å²) in [5, 5.41) is 8.33. The molecule has 0 unspecified atom stereocenters. The maximum Gasteiger partial charge on any atom is 0.458 e. The fraction of sp³-hybridized carbons (Fsp3) is 0.182. The van der Waals surface area contributed by atoms with Gasteiger partial charge in [0, 0.05) is 11.6 Å². The Morgan fingerprint density at radius 2 is 1.67 bits per heavy atom. The van der Waals surface area contributed by atoms with Gasteiger partial charge < -0.3 is 5.11 Å². The number of hydrogen-bond donors (Lipinski definition) is 1. The second-order valence-corrected chi connectivity index (χ2v) is 3.33. The molecule has 1 N–H and O–H groups in total. The molecule has 0 heterocycles. The summed E-state index contributed by atoms with van der Waals surface area (Å²) in [4.78, 5) is 10.2. The van der Waals surface area contributed by atoms with Gasteiger partial charge in [-0.25, -0.2) is 4.79 Å². The van der Waals surface area contributed by atoms with Crippen molar-refractivity contribution in [3.63, 3.8) is 0 Å². The van der Waals surface area contributed by atoms with Gasteiger partial charge in [-0.15, -0.1) is 0 Å². The first kappa shape index (κ1) is 14.1. The topological polar surface area (TPSA) is 37.3 Å². The first-order chi connectivity index (χ1) is 8.16. The Bertz CT molecular complexity index is 477. The summed E-state index contributed by atoms with van der Waals surface area (Å²) >= 11 is 0. The van der Waals surface area contributed by atoms with Gasteiger partial charge in [0.15, 0.2) is 0 Å². The molecule has 18 heavy (non-hydrogen) atoms. The molecule has 2 nitrogen and oxygen atoms in total. The monoisotopic (exact) mass is 266 g/mol. The van der Waals surface area contributed by atoms with Crippen molar-refractivity contribution in [2.45, 2.75) is 12.1 Å². The van der Waals surface area contributed by atoms with Crippen LogP contribution in [0.25, 0.3) is 6.08 Å². The van der Waals surface area contributed by atoms with Crippen molar-refractivity contribution in [3.05, 3.63) is 41.5 Å². The van der Waals surface area contributed by atoms with Crippen molar-refractivity contribution in [3.8, 4) is 0 Å². The van der Waals surface area contributed by atoms with Crippen molar-refractivity contribution in [2.75, 3.05) is 0 Å². The Morgan fingerprint density at radius 3 is 2.17 bits per heavy atom. The average molecular weight is 266 g/mol. The van der Waals surface area contributed by atoms with E-state index in [2.05, 4.69) is 0 Å². The molecule has 7 heteroatoms. The molecule has 0 amide bonds. The minimum absolute atomic E-state index is 0.491. The van der Waals surface area contributed by atoms with Crippen molar-refractivity contribution in [1.29, 1.82) is 0 Å². The van der Waals surface area contributed by atoms with Crippen LogP contribution in [0.4, 0.5) is 22.0 Å². The molecule has 0 aliphatic heterocycles. The molecule has 0 fully saturated rings. The van der Waals surface area contributed by atoms with Crippen LogP contribution in [-0.4, -0.2) is 17.3 Å². The molecule has 1 rings (SSSR count). The maximum atomic E-state index is 13.1. The number of carbonyl (C=O) groups is 1. The van der Waals surface area contributed by atoms with E-state index in [1.807, 2.05) is 0 Å². The van der Waals surface area contributed by atoms with Crippen LogP contribution in [0, 0.1) is 0 Å². The number of benzene rings is 1. The lowest BCUT2D eigenvalue weighted by Crippen LogP contribution is -2.34. The van der Waals surface area contributed by atoms with Crippen molar-refractivity contribution in [2.24, 2.45) is 0 Å². The zero-order chi connectivity index (χ0) is 14.0. The Labute approximate surface area is 98.3 Å². The lowest BCUT2D eigenvalue weighted by Gasteiger charge is -2.21. The fourth-order valence-corrected chi connectivity index (χ4v) is 1.24. The summed E-state index contributed by atoms with van der Waals surface area (Å²) in [5.74, 6) is -6.48. The van der Waals surface area contributed by atoms with Crippen LogP contribution in [-0.2, 0) is 10.7 Å². The predicted molar refractivity (Wildman–Crippen MR) is 53.1 cm³/mol. The highest BCUT2D eigenvalue weighted by atomic mass is 19.4. The molecule has 0 aliphatic carbocycles. The van der Waals surface area contributed by atoms with Gasteiger partial charge >= 0.3 is 18.1 Å². The summed E-state index contributed by atoms with van der Waals surface area (Å²) in [6.07, 6.45) is -4.55. The highest BCUT2D eigenvalue weighted by Crippen LogP contribution is 2.45. The summed E-state index contributed by atoms with van der Waals surface area (Å²) in [6.45, 7) is 0. The smallest absolute Gasteiger partial charge is 0.458 e.